The van der Waals surface area contributed by atoms with Crippen molar-refractivity contribution in [3.63, 3.8) is 0 Å². The van der Waals surface area contributed by atoms with Crippen LogP contribution in [0.25, 0.3) is 0 Å². The standard InChI is InChI=1S/C16H26N2O/c1-4-9-18-10-7-14(8-11-18)17-15-12-13(2)5-6-16(15)19-3/h5-6,12,14,17H,4,7-11H2,1-3H3. The van der Waals surface area contributed by atoms with Crippen LogP contribution in [0.4, 0.5) is 5.69 Å². The van der Waals surface area contributed by atoms with E-state index in [9.17, 15) is 0 Å². The van der Waals surface area contributed by atoms with Gasteiger partial charge in [0.25, 0.3) is 0 Å². The third-order valence-electron chi connectivity index (χ3n) is 3.84. The van der Waals surface area contributed by atoms with Crippen LogP contribution in [0.1, 0.15) is 31.7 Å². The second-order valence-corrected chi connectivity index (χ2v) is 5.46. The first-order valence-electron chi connectivity index (χ1n) is 7.36. The van der Waals surface area contributed by atoms with E-state index >= 15 is 0 Å². The molecule has 1 aliphatic rings. The Bertz CT molecular complexity index is 398. The van der Waals surface area contributed by atoms with E-state index in [4.69, 9.17) is 4.74 Å². The molecule has 0 aliphatic carbocycles. The van der Waals surface area contributed by atoms with E-state index in [0.717, 1.165) is 11.4 Å². The van der Waals surface area contributed by atoms with Crippen molar-refractivity contribution in [2.45, 2.75) is 39.2 Å². The molecular formula is C16H26N2O. The van der Waals surface area contributed by atoms with Gasteiger partial charge in [0, 0.05) is 19.1 Å². The summed E-state index contributed by atoms with van der Waals surface area (Å²) in [4.78, 5) is 2.56. The lowest BCUT2D eigenvalue weighted by atomic mass is 10.0. The number of hydrogen-bond donors (Lipinski definition) is 1. The van der Waals surface area contributed by atoms with E-state index < -0.39 is 0 Å². The van der Waals surface area contributed by atoms with Crippen molar-refractivity contribution in [3.8, 4) is 5.75 Å². The maximum atomic E-state index is 5.43. The Morgan fingerprint density at radius 1 is 1.32 bits per heavy atom. The maximum absolute atomic E-state index is 5.43. The summed E-state index contributed by atoms with van der Waals surface area (Å²) in [6.45, 7) is 8.02. The molecule has 0 saturated carbocycles. The first-order chi connectivity index (χ1) is 9.22. The SMILES string of the molecule is CCCN1CCC(Nc2cc(C)ccc2OC)CC1. The van der Waals surface area contributed by atoms with Gasteiger partial charge in [-0.15, -0.1) is 0 Å². The van der Waals surface area contributed by atoms with Gasteiger partial charge in [0.2, 0.25) is 0 Å². The molecular weight excluding hydrogens is 236 g/mol. The lowest BCUT2D eigenvalue weighted by molar-refractivity contribution is 0.219. The molecule has 3 nitrogen and oxygen atoms in total. The van der Waals surface area contributed by atoms with Crippen molar-refractivity contribution < 1.29 is 4.74 Å². The molecule has 1 aliphatic heterocycles. The number of aryl methyl sites for hydroxylation is 1. The molecule has 1 N–H and O–H groups in total. The number of nitrogens with one attached hydrogen (secondary N) is 1. The quantitative estimate of drug-likeness (QED) is 0.881. The zero-order chi connectivity index (χ0) is 13.7. The van der Waals surface area contributed by atoms with Crippen molar-refractivity contribution in [1.82, 2.24) is 4.90 Å². The van der Waals surface area contributed by atoms with E-state index in [-0.39, 0.29) is 0 Å². The number of rotatable bonds is 5. The van der Waals surface area contributed by atoms with Crippen molar-refractivity contribution >= 4 is 5.69 Å². The average molecular weight is 262 g/mol. The number of ether oxygens (including phenoxy) is 1. The van der Waals surface area contributed by atoms with Crippen LogP contribution < -0.4 is 10.1 Å². The summed E-state index contributed by atoms with van der Waals surface area (Å²) in [5.41, 5.74) is 2.41. The second kappa shape index (κ2) is 6.80. The second-order valence-electron chi connectivity index (χ2n) is 5.46. The average Bonchev–Trinajstić information content (AvgIpc) is 2.42. The molecule has 1 aromatic carbocycles. The number of anilines is 1. The Balaban J connectivity index is 1.93. The van der Waals surface area contributed by atoms with Gasteiger partial charge in [0.15, 0.2) is 0 Å². The molecule has 0 spiro atoms. The normalized spacial score (nSPS) is 17.4. The summed E-state index contributed by atoms with van der Waals surface area (Å²) >= 11 is 0. The zero-order valence-corrected chi connectivity index (χ0v) is 12.4. The lowest BCUT2D eigenvalue weighted by Gasteiger charge is -2.33. The first kappa shape index (κ1) is 14.2. The Morgan fingerprint density at radius 2 is 2.05 bits per heavy atom. The van der Waals surface area contributed by atoms with E-state index in [1.807, 2.05) is 6.07 Å². The van der Waals surface area contributed by atoms with Gasteiger partial charge in [-0.2, -0.15) is 0 Å². The van der Waals surface area contributed by atoms with E-state index in [1.54, 1.807) is 7.11 Å². The Kier molecular flexibility index (Phi) is 5.08. The van der Waals surface area contributed by atoms with E-state index in [0.29, 0.717) is 6.04 Å². The predicted molar refractivity (Wildman–Crippen MR) is 81.1 cm³/mol. The van der Waals surface area contributed by atoms with Crippen LogP contribution in [0.2, 0.25) is 0 Å². The molecule has 0 radical (unpaired) electrons. The summed E-state index contributed by atoms with van der Waals surface area (Å²) in [6.07, 6.45) is 3.69. The lowest BCUT2D eigenvalue weighted by Crippen LogP contribution is -2.39. The van der Waals surface area contributed by atoms with Crippen LogP contribution in [0.5, 0.6) is 5.75 Å². The summed E-state index contributed by atoms with van der Waals surface area (Å²) in [7, 11) is 1.74. The number of methoxy groups -OCH3 is 1. The topological polar surface area (TPSA) is 24.5 Å². The molecule has 0 bridgehead atoms. The highest BCUT2D eigenvalue weighted by Gasteiger charge is 2.19. The highest BCUT2D eigenvalue weighted by atomic mass is 16.5. The predicted octanol–water partition coefficient (Wildman–Crippen LogP) is 3.29. The summed E-state index contributed by atoms with van der Waals surface area (Å²) in [5.74, 6) is 0.946. The Labute approximate surface area is 116 Å². The van der Waals surface area contributed by atoms with Crippen LogP contribution in [-0.2, 0) is 0 Å². The molecule has 106 valence electrons. The molecule has 0 atom stereocenters. The minimum atomic E-state index is 0.573. The Morgan fingerprint density at radius 3 is 2.68 bits per heavy atom. The molecule has 0 aromatic heterocycles. The largest absolute Gasteiger partial charge is 0.495 e. The van der Waals surface area contributed by atoms with Gasteiger partial charge >= 0.3 is 0 Å². The smallest absolute Gasteiger partial charge is 0.141 e. The van der Waals surface area contributed by atoms with Crippen LogP contribution >= 0.6 is 0 Å². The van der Waals surface area contributed by atoms with Crippen LogP contribution in [-0.4, -0.2) is 37.7 Å². The molecule has 1 saturated heterocycles. The van der Waals surface area contributed by atoms with E-state index in [1.165, 1.54) is 44.5 Å². The van der Waals surface area contributed by atoms with Crippen molar-refractivity contribution in [3.05, 3.63) is 23.8 Å². The van der Waals surface area contributed by atoms with Crippen LogP contribution in [0.15, 0.2) is 18.2 Å². The number of benzene rings is 1. The molecule has 2 rings (SSSR count). The van der Waals surface area contributed by atoms with Crippen LogP contribution in [0.3, 0.4) is 0 Å². The molecule has 19 heavy (non-hydrogen) atoms. The Hall–Kier alpha value is -1.22. The monoisotopic (exact) mass is 262 g/mol. The van der Waals surface area contributed by atoms with Gasteiger partial charge < -0.3 is 15.0 Å². The zero-order valence-electron chi connectivity index (χ0n) is 12.4. The van der Waals surface area contributed by atoms with Gasteiger partial charge in [-0.3, -0.25) is 0 Å². The number of nitrogens with zero attached hydrogens (tertiary/aromatic N) is 1. The molecule has 3 heteroatoms. The fourth-order valence-corrected chi connectivity index (χ4v) is 2.77. The third kappa shape index (κ3) is 3.87. The van der Waals surface area contributed by atoms with Crippen LogP contribution in [0, 0.1) is 6.92 Å². The van der Waals surface area contributed by atoms with Crippen molar-refractivity contribution in [1.29, 1.82) is 0 Å². The maximum Gasteiger partial charge on any atom is 0.141 e. The highest BCUT2D eigenvalue weighted by Crippen LogP contribution is 2.27. The van der Waals surface area contributed by atoms with Gasteiger partial charge in [-0.25, -0.2) is 0 Å². The highest BCUT2D eigenvalue weighted by molar-refractivity contribution is 5.58. The minimum Gasteiger partial charge on any atom is -0.495 e. The summed E-state index contributed by atoms with van der Waals surface area (Å²) < 4.78 is 5.43. The number of piperidine rings is 1. The molecule has 1 heterocycles. The fraction of sp³-hybridized carbons (Fsp3) is 0.625. The summed E-state index contributed by atoms with van der Waals surface area (Å²) in [5, 5.41) is 3.65. The minimum absolute atomic E-state index is 0.573. The van der Waals surface area contributed by atoms with Gasteiger partial charge in [0.05, 0.1) is 12.8 Å². The van der Waals surface area contributed by atoms with E-state index in [2.05, 4.69) is 36.2 Å². The first-order valence-corrected chi connectivity index (χ1v) is 7.36. The fourth-order valence-electron chi connectivity index (χ4n) is 2.77. The summed E-state index contributed by atoms with van der Waals surface area (Å²) in [6, 6.07) is 6.89. The molecule has 0 amide bonds. The molecule has 1 fully saturated rings. The third-order valence-corrected chi connectivity index (χ3v) is 3.84. The van der Waals surface area contributed by atoms with Gasteiger partial charge in [0.1, 0.15) is 5.75 Å². The number of likely N-dealkylation sites (tertiary alicyclic amines) is 1. The molecule has 0 unspecified atom stereocenters. The van der Waals surface area contributed by atoms with Crippen molar-refractivity contribution in [2.24, 2.45) is 0 Å². The number of hydrogen-bond acceptors (Lipinski definition) is 3. The molecule has 1 aromatic rings. The van der Waals surface area contributed by atoms with Gasteiger partial charge in [-0.05, 0) is 50.4 Å². The van der Waals surface area contributed by atoms with Gasteiger partial charge in [-0.1, -0.05) is 13.0 Å². The van der Waals surface area contributed by atoms with Crippen molar-refractivity contribution in [2.75, 3.05) is 32.1 Å².